The van der Waals surface area contributed by atoms with Gasteiger partial charge in [0.25, 0.3) is 5.91 Å². The Labute approximate surface area is 111 Å². The number of rotatable bonds is 3. The topological polar surface area (TPSA) is 47.4 Å². The lowest BCUT2D eigenvalue weighted by Crippen LogP contribution is -2.43. The van der Waals surface area contributed by atoms with Crippen molar-refractivity contribution in [1.29, 1.82) is 0 Å². The molecular weight excluding hydrogens is 249 g/mol. The highest BCUT2D eigenvalue weighted by molar-refractivity contribution is 5.88. The van der Waals surface area contributed by atoms with Gasteiger partial charge in [-0.25, -0.2) is 4.39 Å². The molecule has 1 saturated carbocycles. The number of aryl methyl sites for hydroxylation is 1. The molecule has 0 N–H and O–H groups in total. The van der Waals surface area contributed by atoms with Gasteiger partial charge in [0.05, 0.1) is 12.3 Å². The first kappa shape index (κ1) is 12.6. The van der Waals surface area contributed by atoms with Crippen LogP contribution >= 0.6 is 0 Å². The van der Waals surface area contributed by atoms with E-state index in [0.29, 0.717) is 32.5 Å². The third-order valence-electron chi connectivity index (χ3n) is 3.85. The van der Waals surface area contributed by atoms with Gasteiger partial charge in [0.15, 0.2) is 5.67 Å². The molecule has 6 heteroatoms. The number of amides is 1. The molecule has 1 aliphatic heterocycles. The van der Waals surface area contributed by atoms with Crippen LogP contribution in [0.3, 0.4) is 0 Å². The van der Waals surface area contributed by atoms with E-state index in [1.54, 1.807) is 16.7 Å². The summed E-state index contributed by atoms with van der Waals surface area (Å²) in [5.41, 5.74) is 0.364. The lowest BCUT2D eigenvalue weighted by molar-refractivity contribution is -0.139. The minimum Gasteiger partial charge on any atom is -0.384 e. The highest BCUT2D eigenvalue weighted by Crippen LogP contribution is 2.42. The number of halogens is 1. The van der Waals surface area contributed by atoms with Crippen LogP contribution in [0.2, 0.25) is 0 Å². The number of methoxy groups -OCH3 is 1. The van der Waals surface area contributed by atoms with E-state index in [1.165, 1.54) is 0 Å². The van der Waals surface area contributed by atoms with E-state index >= 15 is 0 Å². The summed E-state index contributed by atoms with van der Waals surface area (Å²) in [4.78, 5) is 13.7. The summed E-state index contributed by atoms with van der Waals surface area (Å²) in [5.74, 6) is -0.343. The zero-order chi connectivity index (χ0) is 13.6. The molecule has 2 heterocycles. The second kappa shape index (κ2) is 4.30. The molecular formula is C13H18FN3O2. The van der Waals surface area contributed by atoms with Gasteiger partial charge in [0.2, 0.25) is 0 Å². The van der Waals surface area contributed by atoms with E-state index in [-0.39, 0.29) is 11.8 Å². The van der Waals surface area contributed by atoms with Gasteiger partial charge in [0, 0.05) is 44.9 Å². The molecule has 19 heavy (non-hydrogen) atoms. The molecule has 1 atom stereocenters. The van der Waals surface area contributed by atoms with Crippen LogP contribution in [0, 0.1) is 0 Å². The summed E-state index contributed by atoms with van der Waals surface area (Å²) in [6, 6.07) is 0. The summed E-state index contributed by atoms with van der Waals surface area (Å²) in [6.45, 7) is 1.43. The second-order valence-corrected chi connectivity index (χ2v) is 5.52. The third-order valence-corrected chi connectivity index (χ3v) is 3.85. The van der Waals surface area contributed by atoms with Crippen molar-refractivity contribution in [1.82, 2.24) is 14.7 Å². The van der Waals surface area contributed by atoms with Gasteiger partial charge >= 0.3 is 0 Å². The first-order valence-corrected chi connectivity index (χ1v) is 6.53. The number of alkyl halides is 1. The molecule has 0 spiro atoms. The number of aromatic nitrogens is 2. The van der Waals surface area contributed by atoms with E-state index in [0.717, 1.165) is 11.3 Å². The molecule has 0 radical (unpaired) electrons. The molecule has 104 valence electrons. The first-order valence-electron chi connectivity index (χ1n) is 6.53. The lowest BCUT2D eigenvalue weighted by Gasteiger charge is -2.32. The zero-order valence-corrected chi connectivity index (χ0v) is 11.2. The van der Waals surface area contributed by atoms with Crippen molar-refractivity contribution in [3.63, 3.8) is 0 Å². The number of fused-ring (bicyclic) bond motifs is 1. The summed E-state index contributed by atoms with van der Waals surface area (Å²) in [6.07, 6.45) is 2.61. The van der Waals surface area contributed by atoms with Crippen LogP contribution in [0.5, 0.6) is 0 Å². The molecule has 1 aliphatic carbocycles. The van der Waals surface area contributed by atoms with Crippen molar-refractivity contribution in [2.75, 3.05) is 20.3 Å². The molecule has 1 aromatic rings. The molecule has 0 saturated heterocycles. The monoisotopic (exact) mass is 267 g/mol. The molecule has 1 unspecified atom stereocenters. The maximum absolute atomic E-state index is 13.9. The number of carbonyl (C=O) groups excluding carboxylic acids is 1. The van der Waals surface area contributed by atoms with E-state index in [1.807, 2.05) is 13.2 Å². The molecule has 1 aromatic heterocycles. The fourth-order valence-corrected chi connectivity index (χ4v) is 2.74. The SMILES string of the molecule is COCC1CN(C(=O)C2(F)CC2)Cc2cn(C)nc21. The van der Waals surface area contributed by atoms with Crippen LogP contribution in [0.1, 0.15) is 30.0 Å². The van der Waals surface area contributed by atoms with Gasteiger partial charge in [-0.15, -0.1) is 0 Å². The van der Waals surface area contributed by atoms with Gasteiger partial charge in [-0.1, -0.05) is 0 Å². The van der Waals surface area contributed by atoms with Gasteiger partial charge in [-0.2, -0.15) is 5.10 Å². The maximum Gasteiger partial charge on any atom is 0.260 e. The predicted octanol–water partition coefficient (Wildman–Crippen LogP) is 0.994. The Bertz CT molecular complexity index is 510. The Morgan fingerprint density at radius 3 is 3.00 bits per heavy atom. The molecule has 0 aromatic carbocycles. The van der Waals surface area contributed by atoms with E-state index < -0.39 is 5.67 Å². The molecule has 0 bridgehead atoms. The second-order valence-electron chi connectivity index (χ2n) is 5.52. The smallest absolute Gasteiger partial charge is 0.260 e. The van der Waals surface area contributed by atoms with E-state index in [2.05, 4.69) is 5.10 Å². The van der Waals surface area contributed by atoms with Gasteiger partial charge < -0.3 is 9.64 Å². The van der Waals surface area contributed by atoms with Crippen molar-refractivity contribution in [2.24, 2.45) is 7.05 Å². The first-order chi connectivity index (χ1) is 9.03. The number of ether oxygens (including phenoxy) is 1. The van der Waals surface area contributed by atoms with Crippen LogP contribution < -0.4 is 0 Å². The predicted molar refractivity (Wildman–Crippen MR) is 66.3 cm³/mol. The van der Waals surface area contributed by atoms with E-state index in [4.69, 9.17) is 4.74 Å². The fourth-order valence-electron chi connectivity index (χ4n) is 2.74. The maximum atomic E-state index is 13.9. The van der Waals surface area contributed by atoms with Crippen LogP contribution in [-0.2, 0) is 23.1 Å². The van der Waals surface area contributed by atoms with Crippen molar-refractivity contribution in [3.8, 4) is 0 Å². The number of hydrogen-bond donors (Lipinski definition) is 0. The normalized spacial score (nSPS) is 24.2. The highest BCUT2D eigenvalue weighted by atomic mass is 19.1. The number of carbonyl (C=O) groups is 1. The Morgan fingerprint density at radius 2 is 2.37 bits per heavy atom. The zero-order valence-electron chi connectivity index (χ0n) is 11.2. The Morgan fingerprint density at radius 1 is 1.63 bits per heavy atom. The highest BCUT2D eigenvalue weighted by Gasteiger charge is 2.53. The van der Waals surface area contributed by atoms with Crippen LogP contribution in [0.4, 0.5) is 4.39 Å². The standard InChI is InChI=1S/C13H18FN3O2/c1-16-5-9-6-17(12(18)13(14)3-4-13)7-10(8-19-2)11(9)15-16/h5,10H,3-4,6-8H2,1-2H3. The summed E-state index contributed by atoms with van der Waals surface area (Å²) < 4.78 is 20.9. The Kier molecular flexibility index (Phi) is 2.85. The van der Waals surface area contributed by atoms with Gasteiger partial charge in [-0.3, -0.25) is 9.48 Å². The summed E-state index contributed by atoms with van der Waals surface area (Å²) in [7, 11) is 3.48. The van der Waals surface area contributed by atoms with Crippen molar-refractivity contribution in [3.05, 3.63) is 17.5 Å². The molecule has 5 nitrogen and oxygen atoms in total. The minimum atomic E-state index is -1.60. The molecule has 1 amide bonds. The third kappa shape index (κ3) is 2.14. The summed E-state index contributed by atoms with van der Waals surface area (Å²) >= 11 is 0. The Hall–Kier alpha value is -1.43. The molecule has 2 aliphatic rings. The number of nitrogens with zero attached hydrogens (tertiary/aromatic N) is 3. The lowest BCUT2D eigenvalue weighted by atomic mass is 9.97. The van der Waals surface area contributed by atoms with Crippen LogP contribution in [-0.4, -0.2) is 46.5 Å². The fraction of sp³-hybridized carbons (Fsp3) is 0.692. The summed E-state index contributed by atoms with van der Waals surface area (Å²) in [5, 5.41) is 4.43. The van der Waals surface area contributed by atoms with Crippen LogP contribution in [0.15, 0.2) is 6.20 Å². The quantitative estimate of drug-likeness (QED) is 0.820. The minimum absolute atomic E-state index is 0.0289. The molecule has 3 rings (SSSR count). The molecule has 1 fully saturated rings. The van der Waals surface area contributed by atoms with Crippen molar-refractivity contribution >= 4 is 5.91 Å². The van der Waals surface area contributed by atoms with Gasteiger partial charge in [0.1, 0.15) is 0 Å². The average Bonchev–Trinajstić information content (AvgIpc) is 3.00. The van der Waals surface area contributed by atoms with Crippen molar-refractivity contribution in [2.45, 2.75) is 31.0 Å². The largest absolute Gasteiger partial charge is 0.384 e. The van der Waals surface area contributed by atoms with Gasteiger partial charge in [-0.05, 0) is 12.8 Å². The Balaban J connectivity index is 1.85. The van der Waals surface area contributed by atoms with E-state index in [9.17, 15) is 9.18 Å². The average molecular weight is 267 g/mol. The van der Waals surface area contributed by atoms with Crippen LogP contribution in [0.25, 0.3) is 0 Å². The number of hydrogen-bond acceptors (Lipinski definition) is 3. The van der Waals surface area contributed by atoms with Crippen molar-refractivity contribution < 1.29 is 13.9 Å².